The largest absolute Gasteiger partial charge is 1.00 e. The molecule has 0 saturated heterocycles. The molecule has 0 aromatic rings. The third-order valence-corrected chi connectivity index (χ3v) is 0.974. The quantitative estimate of drug-likeness (QED) is 0.319. The normalized spacial score (nSPS) is 25.0. The molecule has 2 heteroatoms. The predicted octanol–water partition coefficient (Wildman–Crippen LogP) is -2.46. The molecule has 0 atom stereocenters. The van der Waals surface area contributed by atoms with Gasteiger partial charge in [-0.2, -0.15) is 0 Å². The summed E-state index contributed by atoms with van der Waals surface area (Å²) >= 11 is 0. The first-order chi connectivity index (χ1) is 2.21. The zero-order chi connectivity index (χ0) is 3.91. The Morgan fingerprint density at radius 2 is 1.67 bits per heavy atom. The summed E-state index contributed by atoms with van der Waals surface area (Å²) in [7, 11) is 0. The molecule has 1 aliphatic carbocycles. The monoisotopic (exact) mass is 79.1 g/mol. The average molecular weight is 79.0 g/mol. The third-order valence-electron chi connectivity index (χ3n) is 0.974. The van der Waals surface area contributed by atoms with Crippen molar-refractivity contribution < 1.29 is 24.0 Å². The van der Waals surface area contributed by atoms with E-state index < -0.39 is 0 Å². The van der Waals surface area contributed by atoms with Crippen molar-refractivity contribution >= 4 is 0 Å². The second-order valence-electron chi connectivity index (χ2n) is 2.00. The first-order valence-electron chi connectivity index (χ1n) is 1.93. The minimum absolute atomic E-state index is 0. The van der Waals surface area contributed by atoms with Crippen molar-refractivity contribution in [1.29, 1.82) is 0 Å². The minimum atomic E-state index is -0.250. The molecular weight excluding hydrogens is 71.0 g/mol. The number of rotatable bonds is 0. The summed E-state index contributed by atoms with van der Waals surface area (Å²) in [5.74, 6) is 0. The van der Waals surface area contributed by atoms with Crippen molar-refractivity contribution in [2.24, 2.45) is 0 Å². The van der Waals surface area contributed by atoms with E-state index in [2.05, 4.69) is 0 Å². The minimum Gasteiger partial charge on any atom is -0.390 e. The van der Waals surface area contributed by atoms with Gasteiger partial charge in [0.05, 0.1) is 5.60 Å². The standard InChI is InChI=1S/C4H8O.Li/c1-4(5)2-3-4;/h5H,2-3H2,1H3;/q;+1. The van der Waals surface area contributed by atoms with Crippen LogP contribution >= 0.6 is 0 Å². The van der Waals surface area contributed by atoms with Crippen LogP contribution in [-0.4, -0.2) is 10.7 Å². The van der Waals surface area contributed by atoms with Crippen LogP contribution in [0.4, 0.5) is 0 Å². The molecule has 30 valence electrons. The fraction of sp³-hybridized carbons (Fsp3) is 1.00. The van der Waals surface area contributed by atoms with Gasteiger partial charge in [-0.15, -0.1) is 0 Å². The molecule has 0 amide bonds. The summed E-state index contributed by atoms with van der Waals surface area (Å²) in [6, 6.07) is 0. The Bertz CT molecular complexity index is 45.5. The number of hydrogen-bond donors (Lipinski definition) is 1. The molecular formula is C4H8LiO+. The average Bonchev–Trinajstić information content (AvgIpc) is 1.76. The van der Waals surface area contributed by atoms with Crippen LogP contribution in [0.25, 0.3) is 0 Å². The van der Waals surface area contributed by atoms with Crippen molar-refractivity contribution in [3.63, 3.8) is 0 Å². The third kappa shape index (κ3) is 1.87. The summed E-state index contributed by atoms with van der Waals surface area (Å²) in [6.07, 6.45) is 2.01. The molecule has 0 heterocycles. The van der Waals surface area contributed by atoms with Crippen molar-refractivity contribution in [2.75, 3.05) is 0 Å². The molecule has 0 bridgehead atoms. The van der Waals surface area contributed by atoms with E-state index >= 15 is 0 Å². The van der Waals surface area contributed by atoms with E-state index in [0.717, 1.165) is 12.8 Å². The van der Waals surface area contributed by atoms with Crippen LogP contribution in [-0.2, 0) is 0 Å². The molecule has 1 nitrogen and oxygen atoms in total. The van der Waals surface area contributed by atoms with Gasteiger partial charge in [0.15, 0.2) is 0 Å². The van der Waals surface area contributed by atoms with Gasteiger partial charge in [0, 0.05) is 0 Å². The summed E-state index contributed by atoms with van der Waals surface area (Å²) in [6.45, 7) is 1.85. The second-order valence-corrected chi connectivity index (χ2v) is 2.00. The van der Waals surface area contributed by atoms with Crippen molar-refractivity contribution in [1.82, 2.24) is 0 Å². The van der Waals surface area contributed by atoms with Gasteiger partial charge in [-0.1, -0.05) is 0 Å². The van der Waals surface area contributed by atoms with E-state index in [9.17, 15) is 0 Å². The van der Waals surface area contributed by atoms with E-state index in [1.165, 1.54) is 0 Å². The Balaban J connectivity index is 0.000000250. The maximum atomic E-state index is 8.63. The molecule has 0 radical (unpaired) electrons. The molecule has 1 rings (SSSR count). The first-order valence-corrected chi connectivity index (χ1v) is 1.93. The van der Waals surface area contributed by atoms with Crippen LogP contribution in [0.3, 0.4) is 0 Å². The van der Waals surface area contributed by atoms with Gasteiger partial charge in [-0.25, -0.2) is 0 Å². The molecule has 1 aliphatic rings. The zero-order valence-electron chi connectivity index (χ0n) is 4.36. The van der Waals surface area contributed by atoms with E-state index in [1.54, 1.807) is 0 Å². The van der Waals surface area contributed by atoms with Gasteiger partial charge in [0.2, 0.25) is 0 Å². The Labute approximate surface area is 49.9 Å². The Morgan fingerprint density at radius 3 is 1.67 bits per heavy atom. The van der Waals surface area contributed by atoms with Gasteiger partial charge < -0.3 is 5.11 Å². The van der Waals surface area contributed by atoms with Gasteiger partial charge in [-0.05, 0) is 19.8 Å². The summed E-state index contributed by atoms with van der Waals surface area (Å²) in [5.41, 5.74) is -0.250. The molecule has 1 N–H and O–H groups in total. The Morgan fingerprint density at radius 1 is 1.50 bits per heavy atom. The van der Waals surface area contributed by atoms with Crippen LogP contribution in [0.2, 0.25) is 0 Å². The Hall–Kier alpha value is 0.557. The molecule has 0 aliphatic heterocycles. The van der Waals surface area contributed by atoms with Gasteiger partial charge in [0.1, 0.15) is 0 Å². The van der Waals surface area contributed by atoms with Crippen molar-refractivity contribution in [3.05, 3.63) is 0 Å². The maximum absolute atomic E-state index is 8.63. The van der Waals surface area contributed by atoms with Crippen LogP contribution in [0.1, 0.15) is 19.8 Å². The first kappa shape index (κ1) is 6.56. The smallest absolute Gasteiger partial charge is 0.390 e. The van der Waals surface area contributed by atoms with Gasteiger partial charge in [0.25, 0.3) is 0 Å². The van der Waals surface area contributed by atoms with Crippen molar-refractivity contribution in [3.8, 4) is 0 Å². The number of aliphatic hydroxyl groups is 1. The second kappa shape index (κ2) is 1.58. The molecule has 1 saturated carbocycles. The van der Waals surface area contributed by atoms with E-state index in [1.807, 2.05) is 6.92 Å². The molecule has 0 aromatic carbocycles. The summed E-state index contributed by atoms with van der Waals surface area (Å²) < 4.78 is 0. The summed E-state index contributed by atoms with van der Waals surface area (Å²) in [5, 5.41) is 8.63. The molecule has 0 unspecified atom stereocenters. The summed E-state index contributed by atoms with van der Waals surface area (Å²) in [4.78, 5) is 0. The zero-order valence-corrected chi connectivity index (χ0v) is 4.36. The van der Waals surface area contributed by atoms with Gasteiger partial charge >= 0.3 is 18.9 Å². The molecule has 0 spiro atoms. The topological polar surface area (TPSA) is 20.2 Å². The van der Waals surface area contributed by atoms with E-state index in [4.69, 9.17) is 5.11 Å². The predicted molar refractivity (Wildman–Crippen MR) is 19.9 cm³/mol. The molecule has 1 fully saturated rings. The number of hydrogen-bond acceptors (Lipinski definition) is 1. The van der Waals surface area contributed by atoms with E-state index in [0.29, 0.717) is 0 Å². The molecule has 0 aromatic heterocycles. The van der Waals surface area contributed by atoms with Crippen LogP contribution in [0.15, 0.2) is 0 Å². The van der Waals surface area contributed by atoms with Crippen LogP contribution in [0.5, 0.6) is 0 Å². The van der Waals surface area contributed by atoms with E-state index in [-0.39, 0.29) is 24.5 Å². The maximum Gasteiger partial charge on any atom is 1.00 e. The Kier molecular flexibility index (Phi) is 1.72. The van der Waals surface area contributed by atoms with Crippen LogP contribution < -0.4 is 18.9 Å². The fourth-order valence-corrected chi connectivity index (χ4v) is 0.181. The van der Waals surface area contributed by atoms with Gasteiger partial charge in [-0.3, -0.25) is 0 Å². The SMILES string of the molecule is CC1(O)CC1.[Li+]. The fourth-order valence-electron chi connectivity index (χ4n) is 0.181. The van der Waals surface area contributed by atoms with Crippen molar-refractivity contribution in [2.45, 2.75) is 25.4 Å². The van der Waals surface area contributed by atoms with Crippen LogP contribution in [0, 0.1) is 0 Å². The molecule has 6 heavy (non-hydrogen) atoms.